The number of primary amides is 1. The molecular formula is C29H40N6O6S. The van der Waals surface area contributed by atoms with E-state index in [0.29, 0.717) is 25.0 Å². The van der Waals surface area contributed by atoms with Crippen LogP contribution in [-0.4, -0.2) is 75.0 Å². The zero-order valence-electron chi connectivity index (χ0n) is 24.1. The van der Waals surface area contributed by atoms with Gasteiger partial charge >= 0.3 is 0 Å². The van der Waals surface area contributed by atoms with Crippen molar-refractivity contribution < 1.29 is 27.9 Å². The molecule has 1 aromatic carbocycles. The van der Waals surface area contributed by atoms with Crippen molar-refractivity contribution in [2.75, 3.05) is 6.54 Å². The van der Waals surface area contributed by atoms with Crippen LogP contribution in [0, 0.1) is 5.92 Å². The molecule has 1 aliphatic heterocycles. The van der Waals surface area contributed by atoms with Crippen LogP contribution in [0.4, 0.5) is 0 Å². The van der Waals surface area contributed by atoms with Crippen molar-refractivity contribution in [3.05, 3.63) is 41.7 Å². The van der Waals surface area contributed by atoms with Crippen molar-refractivity contribution in [2.24, 2.45) is 11.7 Å². The van der Waals surface area contributed by atoms with Gasteiger partial charge in [-0.3, -0.25) is 14.4 Å². The highest BCUT2D eigenvalue weighted by Crippen LogP contribution is 2.35. The number of carbonyl (C=O) groups is 3. The van der Waals surface area contributed by atoms with E-state index >= 15 is 0 Å². The fourth-order valence-electron chi connectivity index (χ4n) is 6.24. The average molecular weight is 601 g/mol. The van der Waals surface area contributed by atoms with Crippen LogP contribution in [0.5, 0.6) is 0 Å². The molecule has 42 heavy (non-hydrogen) atoms. The maximum absolute atomic E-state index is 14.1. The number of carbonyl (C=O) groups excluding carboxylic acids is 3. The lowest BCUT2D eigenvalue weighted by Crippen LogP contribution is -2.53. The Balaban J connectivity index is 1.37. The lowest BCUT2D eigenvalue weighted by atomic mass is 9.84. The number of nitrogens with two attached hydrogens (primary N) is 1. The molecule has 2 unspecified atom stereocenters. The summed E-state index contributed by atoms with van der Waals surface area (Å²) in [6.07, 6.45) is 8.51. The number of rotatable bonds is 10. The minimum absolute atomic E-state index is 0.115. The number of sulfone groups is 1. The molecule has 228 valence electrons. The number of likely N-dealkylation sites (tertiary alicyclic amines) is 1. The van der Waals surface area contributed by atoms with E-state index in [1.54, 1.807) is 13.8 Å². The number of nitrogens with one attached hydrogen (secondary N) is 1. The first-order valence-electron chi connectivity index (χ1n) is 14.7. The molecule has 3 atom stereocenters. The third-order valence-corrected chi connectivity index (χ3v) is 11.0. The number of amides is 3. The molecule has 2 saturated carbocycles. The van der Waals surface area contributed by atoms with Crippen LogP contribution in [0.25, 0.3) is 0 Å². The van der Waals surface area contributed by atoms with Crippen LogP contribution >= 0.6 is 0 Å². The summed E-state index contributed by atoms with van der Waals surface area (Å²) in [7, 11) is -3.39. The van der Waals surface area contributed by atoms with Gasteiger partial charge in [-0.2, -0.15) is 0 Å². The fourth-order valence-corrected chi connectivity index (χ4v) is 7.90. The Morgan fingerprint density at radius 1 is 1.10 bits per heavy atom. The molecular weight excluding hydrogens is 560 g/mol. The van der Waals surface area contributed by atoms with E-state index < -0.39 is 51.3 Å². The molecule has 0 radical (unpaired) electrons. The molecule has 3 amide bonds. The summed E-state index contributed by atoms with van der Waals surface area (Å²) in [4.78, 5) is 41.6. The second kappa shape index (κ2) is 11.8. The summed E-state index contributed by atoms with van der Waals surface area (Å²) in [6, 6.07) is 3.55. The molecule has 12 nitrogen and oxygen atoms in total. The van der Waals surface area contributed by atoms with Crippen molar-refractivity contribution >= 4 is 27.6 Å². The van der Waals surface area contributed by atoms with Gasteiger partial charge in [-0.05, 0) is 63.3 Å². The molecule has 0 spiro atoms. The van der Waals surface area contributed by atoms with E-state index in [2.05, 4.69) is 15.6 Å². The predicted octanol–water partition coefficient (Wildman–Crippen LogP) is 1.84. The normalized spacial score (nSPS) is 22.6. The molecule has 2 heterocycles. The Kier molecular flexibility index (Phi) is 8.44. The molecule has 1 saturated heterocycles. The molecule has 2 aliphatic carbocycles. The van der Waals surface area contributed by atoms with Crippen LogP contribution in [0.15, 0.2) is 35.4 Å². The molecule has 0 bridgehead atoms. The van der Waals surface area contributed by atoms with Gasteiger partial charge in [0.25, 0.3) is 5.91 Å². The molecule has 3 aliphatic rings. The largest absolute Gasteiger partial charge is 0.384 e. The fraction of sp³-hybridized carbons (Fsp3) is 0.621. The Morgan fingerprint density at radius 3 is 2.36 bits per heavy atom. The average Bonchev–Trinajstić information content (AvgIpc) is 3.53. The van der Waals surface area contributed by atoms with E-state index in [0.717, 1.165) is 32.1 Å². The van der Waals surface area contributed by atoms with Gasteiger partial charge in [0.05, 0.1) is 28.1 Å². The number of aromatic nitrogens is 3. The van der Waals surface area contributed by atoms with Crippen molar-refractivity contribution in [1.29, 1.82) is 0 Å². The van der Waals surface area contributed by atoms with Crippen LogP contribution in [0.1, 0.15) is 93.7 Å². The smallest absolute Gasteiger partial charge is 0.251 e. The van der Waals surface area contributed by atoms with E-state index in [1.165, 1.54) is 40.0 Å². The first-order chi connectivity index (χ1) is 19.9. The van der Waals surface area contributed by atoms with Crippen LogP contribution in [0.3, 0.4) is 0 Å². The second-order valence-corrected chi connectivity index (χ2v) is 14.7. The summed E-state index contributed by atoms with van der Waals surface area (Å²) < 4.78 is 26.7. The van der Waals surface area contributed by atoms with E-state index in [-0.39, 0.29) is 34.6 Å². The molecule has 5 rings (SSSR count). The van der Waals surface area contributed by atoms with Crippen molar-refractivity contribution in [3.8, 4) is 0 Å². The number of hydrogen-bond donors (Lipinski definition) is 3. The second-order valence-electron chi connectivity index (χ2n) is 12.5. The first kappa shape index (κ1) is 30.1. The van der Waals surface area contributed by atoms with Gasteiger partial charge in [0.1, 0.15) is 17.7 Å². The highest BCUT2D eigenvalue weighted by atomic mass is 32.2. The van der Waals surface area contributed by atoms with Crippen LogP contribution < -0.4 is 11.1 Å². The minimum Gasteiger partial charge on any atom is -0.384 e. The van der Waals surface area contributed by atoms with E-state index in [1.807, 2.05) is 0 Å². The standard InChI is InChI=1S/C29H40N6O6S/c1-29(2,39)25-16-31-33-35(25)20-15-24(26(30)36)34(17-20)28(38)23(14-18-6-4-3-5-7-18)32-27(37)19-8-10-21(11-9-19)42(40,41)22-12-13-22/h8-11,16,18,20,22-24,39H,3-7,12-15,17H2,1-2H3,(H2,30,36)(H,32,37)/t20?,23-,24?/m1/s1. The van der Waals surface area contributed by atoms with E-state index in [9.17, 15) is 27.9 Å². The third-order valence-electron chi connectivity index (χ3n) is 8.74. The minimum atomic E-state index is -3.39. The summed E-state index contributed by atoms with van der Waals surface area (Å²) >= 11 is 0. The maximum atomic E-state index is 14.1. The number of aliphatic hydroxyl groups is 1. The molecule has 3 fully saturated rings. The van der Waals surface area contributed by atoms with Crippen molar-refractivity contribution in [1.82, 2.24) is 25.2 Å². The van der Waals surface area contributed by atoms with Crippen LogP contribution in [0.2, 0.25) is 0 Å². The quantitative estimate of drug-likeness (QED) is 0.370. The topological polar surface area (TPSA) is 178 Å². The van der Waals surface area contributed by atoms with Crippen molar-refractivity contribution in [2.45, 2.75) is 106 Å². The van der Waals surface area contributed by atoms with Gasteiger partial charge in [-0.1, -0.05) is 37.3 Å². The Labute approximate surface area is 245 Å². The predicted molar refractivity (Wildman–Crippen MR) is 153 cm³/mol. The van der Waals surface area contributed by atoms with Crippen molar-refractivity contribution in [3.63, 3.8) is 0 Å². The first-order valence-corrected chi connectivity index (χ1v) is 16.3. The zero-order valence-corrected chi connectivity index (χ0v) is 24.9. The third kappa shape index (κ3) is 6.36. The number of hydrogen-bond acceptors (Lipinski definition) is 8. The number of nitrogens with zero attached hydrogens (tertiary/aromatic N) is 4. The lowest BCUT2D eigenvalue weighted by molar-refractivity contribution is -0.139. The molecule has 13 heteroatoms. The summed E-state index contributed by atoms with van der Waals surface area (Å²) in [6.45, 7) is 3.33. The Hall–Kier alpha value is -3.32. The zero-order chi connectivity index (χ0) is 30.2. The highest BCUT2D eigenvalue weighted by Gasteiger charge is 2.44. The summed E-state index contributed by atoms with van der Waals surface area (Å²) in [5.41, 5.74) is 5.20. The highest BCUT2D eigenvalue weighted by molar-refractivity contribution is 7.92. The van der Waals surface area contributed by atoms with Gasteiger partial charge < -0.3 is 21.1 Å². The molecule has 2 aromatic rings. The lowest BCUT2D eigenvalue weighted by Gasteiger charge is -2.31. The van der Waals surface area contributed by atoms with E-state index in [4.69, 9.17) is 5.73 Å². The Bertz CT molecular complexity index is 1420. The van der Waals surface area contributed by atoms with Crippen LogP contribution in [-0.2, 0) is 25.0 Å². The molecule has 4 N–H and O–H groups in total. The summed E-state index contributed by atoms with van der Waals surface area (Å²) in [5, 5.41) is 21.2. The SMILES string of the molecule is CC(C)(O)c1cnnn1C1CC(C(N)=O)N(C(=O)[C@@H](CC2CCCCC2)NC(=O)c2ccc(S(=O)(=O)C3CC3)cc2)C1. The number of benzene rings is 1. The monoisotopic (exact) mass is 600 g/mol. The molecule has 1 aromatic heterocycles. The maximum Gasteiger partial charge on any atom is 0.251 e. The van der Waals surface area contributed by atoms with Gasteiger partial charge in [-0.15, -0.1) is 5.10 Å². The van der Waals surface area contributed by atoms with Gasteiger partial charge in [0.15, 0.2) is 9.84 Å². The summed E-state index contributed by atoms with van der Waals surface area (Å²) in [5.74, 6) is -1.32. The van der Waals surface area contributed by atoms with Gasteiger partial charge in [0, 0.05) is 18.5 Å². The Morgan fingerprint density at radius 2 is 1.76 bits per heavy atom. The van der Waals surface area contributed by atoms with Gasteiger partial charge in [0.2, 0.25) is 11.8 Å². The van der Waals surface area contributed by atoms with Gasteiger partial charge in [-0.25, -0.2) is 13.1 Å².